The van der Waals surface area contributed by atoms with E-state index in [1.54, 1.807) is 19.2 Å². The number of anilines is 1. The van der Waals surface area contributed by atoms with Crippen LogP contribution in [0.2, 0.25) is 0 Å². The Morgan fingerprint density at radius 2 is 1.75 bits per heavy atom. The van der Waals surface area contributed by atoms with Crippen molar-refractivity contribution in [1.82, 2.24) is 0 Å². The Bertz CT molecular complexity index is 928. The molecular weight excluding hydrogens is 421 g/mol. The number of ether oxygens (including phenoxy) is 2. The van der Waals surface area contributed by atoms with E-state index in [2.05, 4.69) is 46.4 Å². The van der Waals surface area contributed by atoms with E-state index in [0.29, 0.717) is 24.7 Å². The van der Waals surface area contributed by atoms with Crippen LogP contribution < -0.4 is 14.8 Å². The summed E-state index contributed by atoms with van der Waals surface area (Å²) in [6.07, 6.45) is 0.979. The fraction of sp³-hybridized carbons (Fsp3) is 0.217. The monoisotopic (exact) mass is 443 g/mol. The Morgan fingerprint density at radius 3 is 2.46 bits per heavy atom. The molecule has 0 saturated carbocycles. The van der Waals surface area contributed by atoms with E-state index >= 15 is 0 Å². The van der Waals surface area contributed by atoms with Gasteiger partial charge in [0.2, 0.25) is 0 Å². The smallest absolute Gasteiger partial charge is 0.175 e. The van der Waals surface area contributed by atoms with Gasteiger partial charge in [-0.25, -0.2) is 4.39 Å². The summed E-state index contributed by atoms with van der Waals surface area (Å²) in [7, 11) is 1.62. The van der Waals surface area contributed by atoms with E-state index < -0.39 is 0 Å². The number of aryl methyl sites for hydroxylation is 1. The maximum Gasteiger partial charge on any atom is 0.175 e. The van der Waals surface area contributed by atoms with E-state index in [4.69, 9.17) is 9.47 Å². The minimum atomic E-state index is -0.260. The van der Waals surface area contributed by atoms with Crippen LogP contribution in [0.3, 0.4) is 0 Å². The number of benzene rings is 3. The van der Waals surface area contributed by atoms with E-state index in [1.165, 1.54) is 17.7 Å². The minimum absolute atomic E-state index is 0.260. The Balaban J connectivity index is 1.72. The number of halogens is 2. The van der Waals surface area contributed by atoms with Gasteiger partial charge in [-0.2, -0.15) is 0 Å². The molecule has 0 heterocycles. The van der Waals surface area contributed by atoms with Gasteiger partial charge >= 0.3 is 0 Å². The molecule has 0 bridgehead atoms. The summed E-state index contributed by atoms with van der Waals surface area (Å²) in [4.78, 5) is 0. The van der Waals surface area contributed by atoms with Crippen molar-refractivity contribution in [1.29, 1.82) is 0 Å². The number of hydrogen-bond acceptors (Lipinski definition) is 3. The first-order chi connectivity index (χ1) is 13.6. The molecule has 28 heavy (non-hydrogen) atoms. The topological polar surface area (TPSA) is 30.5 Å². The lowest BCUT2D eigenvalue weighted by atomic mass is 10.1. The molecule has 0 unspecified atom stereocenters. The Morgan fingerprint density at radius 1 is 1.00 bits per heavy atom. The lowest BCUT2D eigenvalue weighted by Gasteiger charge is -2.16. The molecule has 0 radical (unpaired) electrons. The van der Waals surface area contributed by atoms with Gasteiger partial charge in [-0.1, -0.05) is 37.3 Å². The van der Waals surface area contributed by atoms with Crippen molar-refractivity contribution in [3.05, 3.63) is 87.6 Å². The second-order valence-electron chi connectivity index (χ2n) is 6.39. The first-order valence-electron chi connectivity index (χ1n) is 9.16. The van der Waals surface area contributed by atoms with E-state index in [9.17, 15) is 4.39 Å². The third-order valence-corrected chi connectivity index (χ3v) is 5.06. The fourth-order valence-electron chi connectivity index (χ4n) is 2.95. The van der Waals surface area contributed by atoms with Gasteiger partial charge in [0.05, 0.1) is 11.6 Å². The molecule has 0 atom stereocenters. The van der Waals surface area contributed by atoms with Crippen LogP contribution in [0.4, 0.5) is 10.1 Å². The zero-order chi connectivity index (χ0) is 19.9. The summed E-state index contributed by atoms with van der Waals surface area (Å²) in [6, 6.07) is 18.5. The molecule has 3 rings (SSSR count). The maximum atomic E-state index is 13.0. The highest BCUT2D eigenvalue weighted by Gasteiger charge is 2.12. The second-order valence-corrected chi connectivity index (χ2v) is 7.24. The largest absolute Gasteiger partial charge is 0.493 e. The van der Waals surface area contributed by atoms with Crippen LogP contribution in [0.25, 0.3) is 0 Å². The van der Waals surface area contributed by atoms with Gasteiger partial charge in [0.15, 0.2) is 11.5 Å². The standard InChI is InChI=1S/C23H23BrFNO2/c1-3-18-6-4-5-7-21(18)26-14-17-12-20(24)23(22(13-17)27-2)28-15-16-8-10-19(25)11-9-16/h4-13,26H,3,14-15H2,1-2H3. The molecule has 146 valence electrons. The van der Waals surface area contributed by atoms with Gasteiger partial charge in [-0.05, 0) is 69.4 Å². The Hall–Kier alpha value is -2.53. The molecule has 0 fully saturated rings. The Kier molecular flexibility index (Phi) is 6.93. The molecule has 3 aromatic carbocycles. The first kappa shape index (κ1) is 20.2. The summed E-state index contributed by atoms with van der Waals surface area (Å²) in [5, 5.41) is 3.49. The van der Waals surface area contributed by atoms with Crippen molar-refractivity contribution in [3.8, 4) is 11.5 Å². The van der Waals surface area contributed by atoms with Gasteiger partial charge in [-0.15, -0.1) is 0 Å². The highest BCUT2D eigenvalue weighted by Crippen LogP contribution is 2.37. The highest BCUT2D eigenvalue weighted by molar-refractivity contribution is 9.10. The quantitative estimate of drug-likeness (QED) is 0.439. The zero-order valence-corrected chi connectivity index (χ0v) is 17.6. The minimum Gasteiger partial charge on any atom is -0.493 e. The number of hydrogen-bond donors (Lipinski definition) is 1. The SMILES string of the molecule is CCc1ccccc1NCc1cc(Br)c(OCc2ccc(F)cc2)c(OC)c1. The molecular formula is C23H23BrFNO2. The van der Waals surface area contributed by atoms with Gasteiger partial charge in [-0.3, -0.25) is 0 Å². The third-order valence-electron chi connectivity index (χ3n) is 4.47. The lowest BCUT2D eigenvalue weighted by Crippen LogP contribution is -2.04. The molecule has 3 aromatic rings. The summed E-state index contributed by atoms with van der Waals surface area (Å²) < 4.78 is 25.3. The predicted octanol–water partition coefficient (Wildman–Crippen LogP) is 6.35. The molecule has 5 heteroatoms. The van der Waals surface area contributed by atoms with Crippen LogP contribution in [-0.2, 0) is 19.6 Å². The average molecular weight is 444 g/mol. The number of rotatable bonds is 8. The van der Waals surface area contributed by atoms with Crippen molar-refractivity contribution >= 4 is 21.6 Å². The van der Waals surface area contributed by atoms with E-state index in [1.807, 2.05) is 18.2 Å². The van der Waals surface area contributed by atoms with Gasteiger partial charge in [0.25, 0.3) is 0 Å². The molecule has 0 aliphatic carbocycles. The third kappa shape index (κ3) is 5.04. The molecule has 0 aliphatic rings. The van der Waals surface area contributed by atoms with Crippen molar-refractivity contribution in [2.24, 2.45) is 0 Å². The number of para-hydroxylation sites is 1. The van der Waals surface area contributed by atoms with Crippen LogP contribution in [0.1, 0.15) is 23.6 Å². The molecule has 0 aliphatic heterocycles. The summed E-state index contributed by atoms with van der Waals surface area (Å²) >= 11 is 3.59. The normalized spacial score (nSPS) is 10.6. The van der Waals surface area contributed by atoms with Crippen molar-refractivity contribution in [2.75, 3.05) is 12.4 Å². The zero-order valence-electron chi connectivity index (χ0n) is 16.0. The van der Waals surface area contributed by atoms with Crippen molar-refractivity contribution in [3.63, 3.8) is 0 Å². The second kappa shape index (κ2) is 9.60. The highest BCUT2D eigenvalue weighted by atomic mass is 79.9. The summed E-state index contributed by atoms with van der Waals surface area (Å²) in [5.41, 5.74) is 4.38. The number of methoxy groups -OCH3 is 1. The van der Waals surface area contributed by atoms with Crippen LogP contribution >= 0.6 is 15.9 Å². The van der Waals surface area contributed by atoms with Crippen LogP contribution in [-0.4, -0.2) is 7.11 Å². The molecule has 0 amide bonds. The number of nitrogens with one attached hydrogen (secondary N) is 1. The summed E-state index contributed by atoms with van der Waals surface area (Å²) in [6.45, 7) is 3.15. The molecule has 0 spiro atoms. The van der Waals surface area contributed by atoms with Crippen LogP contribution in [0, 0.1) is 5.82 Å². The Labute approximate surface area is 173 Å². The average Bonchev–Trinajstić information content (AvgIpc) is 2.72. The van der Waals surface area contributed by atoms with Crippen molar-refractivity contribution < 1.29 is 13.9 Å². The van der Waals surface area contributed by atoms with Gasteiger partial charge in [0, 0.05) is 12.2 Å². The maximum absolute atomic E-state index is 13.0. The van der Waals surface area contributed by atoms with E-state index in [-0.39, 0.29) is 5.82 Å². The fourth-order valence-corrected chi connectivity index (χ4v) is 3.55. The molecule has 1 N–H and O–H groups in total. The first-order valence-corrected chi connectivity index (χ1v) is 9.95. The van der Waals surface area contributed by atoms with Gasteiger partial charge < -0.3 is 14.8 Å². The van der Waals surface area contributed by atoms with Crippen molar-refractivity contribution in [2.45, 2.75) is 26.5 Å². The molecule has 0 aromatic heterocycles. The van der Waals surface area contributed by atoms with Crippen LogP contribution in [0.15, 0.2) is 65.1 Å². The van der Waals surface area contributed by atoms with Crippen LogP contribution in [0.5, 0.6) is 11.5 Å². The molecule has 0 saturated heterocycles. The summed E-state index contributed by atoms with van der Waals surface area (Å²) in [5.74, 6) is 1.02. The predicted molar refractivity (Wildman–Crippen MR) is 115 cm³/mol. The van der Waals surface area contributed by atoms with E-state index in [0.717, 1.165) is 27.7 Å². The van der Waals surface area contributed by atoms with Gasteiger partial charge in [0.1, 0.15) is 12.4 Å². The lowest BCUT2D eigenvalue weighted by molar-refractivity contribution is 0.282. The molecule has 3 nitrogen and oxygen atoms in total.